The Bertz CT molecular complexity index is 965. The maximum absolute atomic E-state index is 12.5. The molecule has 0 spiro atoms. The summed E-state index contributed by atoms with van der Waals surface area (Å²) in [7, 11) is 0. The zero-order valence-corrected chi connectivity index (χ0v) is 18.8. The van der Waals surface area contributed by atoms with E-state index in [1.807, 2.05) is 19.9 Å². The Labute approximate surface area is 188 Å². The van der Waals surface area contributed by atoms with Gasteiger partial charge in [0.15, 0.2) is 17.6 Å². The molecule has 32 heavy (non-hydrogen) atoms. The normalized spacial score (nSPS) is 11.6. The second kappa shape index (κ2) is 12.3. The van der Waals surface area contributed by atoms with E-state index in [0.717, 1.165) is 12.0 Å². The summed E-state index contributed by atoms with van der Waals surface area (Å²) >= 11 is 0. The third-order valence-corrected chi connectivity index (χ3v) is 4.29. The molecule has 0 heterocycles. The van der Waals surface area contributed by atoms with Crippen molar-refractivity contribution in [1.29, 1.82) is 0 Å². The Hall–Kier alpha value is -3.61. The molecule has 1 N–H and O–H groups in total. The van der Waals surface area contributed by atoms with Gasteiger partial charge in [-0.1, -0.05) is 13.0 Å². The van der Waals surface area contributed by atoms with Crippen LogP contribution in [-0.2, 0) is 14.3 Å². The quantitative estimate of drug-likeness (QED) is 0.311. The average Bonchev–Trinajstić information content (AvgIpc) is 2.77. The first kappa shape index (κ1) is 24.7. The van der Waals surface area contributed by atoms with Gasteiger partial charge in [-0.15, -0.1) is 0 Å². The minimum Gasteiger partial charge on any atom is -0.490 e. The van der Waals surface area contributed by atoms with Crippen LogP contribution in [-0.4, -0.2) is 37.0 Å². The molecule has 0 aliphatic heterocycles. The smallest absolute Gasteiger partial charge is 0.331 e. The van der Waals surface area contributed by atoms with Crippen molar-refractivity contribution in [1.82, 2.24) is 0 Å². The summed E-state index contributed by atoms with van der Waals surface area (Å²) < 4.78 is 16.5. The molecule has 0 saturated heterocycles. The molecule has 1 amide bonds. The molecule has 1 atom stereocenters. The highest BCUT2D eigenvalue weighted by molar-refractivity contribution is 6.01. The first-order valence-electron chi connectivity index (χ1n) is 10.5. The van der Waals surface area contributed by atoms with Crippen molar-refractivity contribution in [3.05, 3.63) is 59.7 Å². The van der Waals surface area contributed by atoms with Gasteiger partial charge in [0, 0.05) is 24.3 Å². The lowest BCUT2D eigenvalue weighted by atomic mass is 10.1. The number of benzene rings is 2. The van der Waals surface area contributed by atoms with Crippen LogP contribution in [0, 0.1) is 0 Å². The summed E-state index contributed by atoms with van der Waals surface area (Å²) in [6.07, 6.45) is 2.78. The van der Waals surface area contributed by atoms with Crippen molar-refractivity contribution in [3.8, 4) is 11.5 Å². The summed E-state index contributed by atoms with van der Waals surface area (Å²) in [4.78, 5) is 35.8. The number of Topliss-reactive ketones (excluding diaryl/α,β-unsaturated/α-hetero) is 1. The molecule has 0 bridgehead atoms. The van der Waals surface area contributed by atoms with Gasteiger partial charge in [-0.2, -0.15) is 0 Å². The highest BCUT2D eigenvalue weighted by Gasteiger charge is 2.18. The van der Waals surface area contributed by atoms with Gasteiger partial charge in [0.05, 0.1) is 13.2 Å². The molecule has 0 saturated carbocycles. The van der Waals surface area contributed by atoms with Crippen LogP contribution in [0.4, 0.5) is 5.69 Å². The van der Waals surface area contributed by atoms with E-state index in [4.69, 9.17) is 14.2 Å². The molecule has 7 nitrogen and oxygen atoms in total. The first-order valence-corrected chi connectivity index (χ1v) is 10.5. The van der Waals surface area contributed by atoms with E-state index < -0.39 is 12.1 Å². The molecular formula is C25H29NO6. The summed E-state index contributed by atoms with van der Waals surface area (Å²) in [6.45, 7) is 7.90. The number of hydrogen-bond donors (Lipinski definition) is 1. The Morgan fingerprint density at radius 1 is 1.00 bits per heavy atom. The number of rotatable bonds is 11. The van der Waals surface area contributed by atoms with E-state index in [0.29, 0.717) is 36.0 Å². The Balaban J connectivity index is 1.99. The second-order valence-electron chi connectivity index (χ2n) is 7.02. The van der Waals surface area contributed by atoms with Crippen LogP contribution in [0.2, 0.25) is 0 Å². The van der Waals surface area contributed by atoms with E-state index in [1.165, 1.54) is 19.9 Å². The number of carbonyl (C=O) groups excluding carboxylic acids is 3. The number of carbonyl (C=O) groups is 3. The van der Waals surface area contributed by atoms with Gasteiger partial charge >= 0.3 is 5.97 Å². The van der Waals surface area contributed by atoms with E-state index in [9.17, 15) is 14.4 Å². The first-order chi connectivity index (χ1) is 15.3. The van der Waals surface area contributed by atoms with Gasteiger partial charge in [-0.05, 0) is 68.3 Å². The second-order valence-corrected chi connectivity index (χ2v) is 7.02. The van der Waals surface area contributed by atoms with Gasteiger partial charge in [-0.3, -0.25) is 9.59 Å². The van der Waals surface area contributed by atoms with Crippen LogP contribution < -0.4 is 14.8 Å². The molecular weight excluding hydrogens is 410 g/mol. The molecule has 0 aliphatic carbocycles. The Morgan fingerprint density at radius 2 is 1.72 bits per heavy atom. The number of amides is 1. The number of hydrogen-bond acceptors (Lipinski definition) is 6. The largest absolute Gasteiger partial charge is 0.490 e. The van der Waals surface area contributed by atoms with Gasteiger partial charge in [0.25, 0.3) is 0 Å². The molecule has 170 valence electrons. The maximum atomic E-state index is 12.5. The molecule has 0 radical (unpaired) electrons. The average molecular weight is 440 g/mol. The summed E-state index contributed by atoms with van der Waals surface area (Å²) in [5.41, 5.74) is 1.70. The monoisotopic (exact) mass is 439 g/mol. The van der Waals surface area contributed by atoms with E-state index in [-0.39, 0.29) is 11.7 Å². The minimum atomic E-state index is -0.956. The van der Waals surface area contributed by atoms with Crippen LogP contribution in [0.25, 0.3) is 6.08 Å². The van der Waals surface area contributed by atoms with Gasteiger partial charge in [0.2, 0.25) is 11.7 Å². The Morgan fingerprint density at radius 3 is 2.34 bits per heavy atom. The van der Waals surface area contributed by atoms with Crippen LogP contribution in [0.5, 0.6) is 11.5 Å². The zero-order chi connectivity index (χ0) is 23.5. The Kier molecular flexibility index (Phi) is 9.47. The van der Waals surface area contributed by atoms with E-state index >= 15 is 0 Å². The lowest BCUT2D eigenvalue weighted by Gasteiger charge is -2.12. The number of nitrogens with one attached hydrogen (secondary N) is 1. The summed E-state index contributed by atoms with van der Waals surface area (Å²) in [5, 5.41) is 2.63. The predicted octanol–water partition coefficient (Wildman–Crippen LogP) is 4.66. The van der Waals surface area contributed by atoms with Crippen molar-refractivity contribution in [3.63, 3.8) is 0 Å². The number of anilines is 1. The third-order valence-electron chi connectivity index (χ3n) is 4.29. The fourth-order valence-corrected chi connectivity index (χ4v) is 2.81. The van der Waals surface area contributed by atoms with Crippen LogP contribution in [0.3, 0.4) is 0 Å². The van der Waals surface area contributed by atoms with Crippen molar-refractivity contribution >= 4 is 29.4 Å². The molecule has 2 rings (SSSR count). The number of ketones is 1. The summed E-state index contributed by atoms with van der Waals surface area (Å²) in [5.74, 6) is 0.0803. The molecule has 0 fully saturated rings. The highest BCUT2D eigenvalue weighted by Crippen LogP contribution is 2.29. The van der Waals surface area contributed by atoms with Crippen molar-refractivity contribution in [2.45, 2.75) is 40.2 Å². The molecule has 2 aromatic rings. The maximum Gasteiger partial charge on any atom is 0.331 e. The molecule has 0 aliphatic rings. The molecule has 1 unspecified atom stereocenters. The topological polar surface area (TPSA) is 90.9 Å². The SMILES string of the molecule is CCCOc1ccc(/C=C/C(=O)OC(C)C(=O)c2ccc(NC(C)=O)cc2)cc1OCC. The molecule has 0 aromatic heterocycles. The van der Waals surface area contributed by atoms with Gasteiger partial charge in [-0.25, -0.2) is 4.79 Å². The van der Waals surface area contributed by atoms with Crippen LogP contribution in [0.15, 0.2) is 48.5 Å². The number of esters is 1. The van der Waals surface area contributed by atoms with Crippen molar-refractivity contribution in [2.75, 3.05) is 18.5 Å². The predicted molar refractivity (Wildman–Crippen MR) is 123 cm³/mol. The third kappa shape index (κ3) is 7.58. The van der Waals surface area contributed by atoms with E-state index in [2.05, 4.69) is 5.32 Å². The van der Waals surface area contributed by atoms with Crippen LogP contribution >= 0.6 is 0 Å². The fourth-order valence-electron chi connectivity index (χ4n) is 2.81. The lowest BCUT2D eigenvalue weighted by molar-refractivity contribution is -0.140. The zero-order valence-electron chi connectivity index (χ0n) is 18.8. The molecule has 7 heteroatoms. The molecule has 2 aromatic carbocycles. The van der Waals surface area contributed by atoms with Crippen LogP contribution in [0.1, 0.15) is 50.0 Å². The van der Waals surface area contributed by atoms with Crippen molar-refractivity contribution in [2.24, 2.45) is 0 Å². The fraction of sp³-hybridized carbons (Fsp3) is 0.320. The standard InChI is InChI=1S/C25H29NO6/c1-5-15-31-22-13-7-19(16-23(22)30-6-2)8-14-24(28)32-17(3)25(29)20-9-11-21(12-10-20)26-18(4)27/h7-14,16-17H,5-6,15H2,1-4H3,(H,26,27)/b14-8+. The highest BCUT2D eigenvalue weighted by atomic mass is 16.5. The van der Waals surface area contributed by atoms with Gasteiger partial charge in [0.1, 0.15) is 0 Å². The van der Waals surface area contributed by atoms with Gasteiger partial charge < -0.3 is 19.5 Å². The lowest BCUT2D eigenvalue weighted by Crippen LogP contribution is -2.23. The summed E-state index contributed by atoms with van der Waals surface area (Å²) in [6, 6.07) is 11.8. The minimum absolute atomic E-state index is 0.199. The van der Waals surface area contributed by atoms with Crippen molar-refractivity contribution < 1.29 is 28.6 Å². The number of ether oxygens (including phenoxy) is 3. The van der Waals surface area contributed by atoms with E-state index in [1.54, 1.807) is 42.5 Å².